The van der Waals surface area contributed by atoms with Crippen molar-refractivity contribution in [2.24, 2.45) is 5.92 Å². The smallest absolute Gasteiger partial charge is 0.254 e. The van der Waals surface area contributed by atoms with E-state index in [9.17, 15) is 13.2 Å². The van der Waals surface area contributed by atoms with Crippen molar-refractivity contribution in [3.8, 4) is 0 Å². The second-order valence-electron chi connectivity index (χ2n) is 7.46. The Morgan fingerprint density at radius 2 is 1.96 bits per heavy atom. The third-order valence-electron chi connectivity index (χ3n) is 4.88. The van der Waals surface area contributed by atoms with Gasteiger partial charge in [-0.1, -0.05) is 19.9 Å². The number of amides is 1. The molecular weight excluding hydrogens is 352 g/mol. The lowest BCUT2D eigenvalue weighted by Crippen LogP contribution is -2.40. The minimum Gasteiger partial charge on any atom is -0.379 e. The zero-order chi connectivity index (χ0) is 18.7. The van der Waals surface area contributed by atoms with Crippen LogP contribution < -0.4 is 0 Å². The molecule has 3 rings (SSSR count). The first-order chi connectivity index (χ1) is 12.4. The molecule has 7 heteroatoms. The average Bonchev–Trinajstić information content (AvgIpc) is 3.47. The van der Waals surface area contributed by atoms with Crippen molar-refractivity contribution in [3.05, 3.63) is 29.8 Å². The molecule has 0 N–H and O–H groups in total. The normalized spacial score (nSPS) is 18.9. The van der Waals surface area contributed by atoms with Crippen LogP contribution in [-0.2, 0) is 14.8 Å². The van der Waals surface area contributed by atoms with Crippen molar-refractivity contribution < 1.29 is 17.9 Å². The summed E-state index contributed by atoms with van der Waals surface area (Å²) in [7, 11) is -3.59. The lowest BCUT2D eigenvalue weighted by atomic mass is 10.1. The van der Waals surface area contributed by atoms with E-state index in [1.165, 1.54) is 10.4 Å². The molecule has 2 aliphatic rings. The van der Waals surface area contributed by atoms with E-state index >= 15 is 0 Å². The first kappa shape index (κ1) is 19.3. The number of nitrogens with zero attached hydrogens (tertiary/aromatic N) is 2. The Hall–Kier alpha value is -1.44. The molecule has 1 aliphatic carbocycles. The van der Waals surface area contributed by atoms with Crippen molar-refractivity contribution in [1.82, 2.24) is 9.21 Å². The zero-order valence-electron chi connectivity index (χ0n) is 15.6. The van der Waals surface area contributed by atoms with Crippen molar-refractivity contribution in [3.63, 3.8) is 0 Å². The van der Waals surface area contributed by atoms with Crippen LogP contribution in [0.1, 0.15) is 43.5 Å². The summed E-state index contributed by atoms with van der Waals surface area (Å²) in [5.41, 5.74) is 0.454. The van der Waals surface area contributed by atoms with Gasteiger partial charge in [0, 0.05) is 31.2 Å². The van der Waals surface area contributed by atoms with Crippen LogP contribution in [0, 0.1) is 5.92 Å². The summed E-state index contributed by atoms with van der Waals surface area (Å²) < 4.78 is 32.3. The molecule has 6 nitrogen and oxygen atoms in total. The van der Waals surface area contributed by atoms with Gasteiger partial charge in [0.05, 0.1) is 18.1 Å². The molecule has 1 saturated heterocycles. The molecule has 1 aromatic rings. The summed E-state index contributed by atoms with van der Waals surface area (Å²) in [4.78, 5) is 15.1. The van der Waals surface area contributed by atoms with Crippen LogP contribution in [0.15, 0.2) is 29.2 Å². The highest BCUT2D eigenvalue weighted by atomic mass is 32.2. The van der Waals surface area contributed by atoms with Crippen LogP contribution in [0.5, 0.6) is 0 Å². The standard InChI is InChI=1S/C19H28N2O4S/c1-15(2)8-9-21(17-6-7-17)19(22)16-4-3-5-18(14-16)26(23,24)20-10-12-25-13-11-20/h3-5,14-15,17H,6-13H2,1-2H3. The van der Waals surface area contributed by atoms with E-state index in [-0.39, 0.29) is 10.8 Å². The Bertz CT molecular complexity index is 738. The molecule has 26 heavy (non-hydrogen) atoms. The predicted molar refractivity (Wildman–Crippen MR) is 99.5 cm³/mol. The number of benzene rings is 1. The van der Waals surface area contributed by atoms with Crippen LogP contribution in [0.2, 0.25) is 0 Å². The average molecular weight is 381 g/mol. The SMILES string of the molecule is CC(C)CCN(C(=O)c1cccc(S(=O)(=O)N2CCOCC2)c1)C1CC1. The van der Waals surface area contributed by atoms with Gasteiger partial charge in [-0.25, -0.2) is 8.42 Å². The molecule has 0 spiro atoms. The van der Waals surface area contributed by atoms with E-state index in [1.54, 1.807) is 18.2 Å². The summed E-state index contributed by atoms with van der Waals surface area (Å²) in [6.45, 7) is 6.52. The highest BCUT2D eigenvalue weighted by Gasteiger charge is 2.33. The molecule has 1 aromatic carbocycles. The fraction of sp³-hybridized carbons (Fsp3) is 0.632. The molecular formula is C19H28N2O4S. The second-order valence-corrected chi connectivity index (χ2v) is 9.39. The minimum absolute atomic E-state index is 0.0628. The topological polar surface area (TPSA) is 66.9 Å². The number of rotatable bonds is 7. The number of hydrogen-bond donors (Lipinski definition) is 0. The van der Waals surface area contributed by atoms with Crippen molar-refractivity contribution in [2.45, 2.75) is 44.0 Å². The lowest BCUT2D eigenvalue weighted by molar-refractivity contribution is 0.0727. The summed E-state index contributed by atoms with van der Waals surface area (Å²) in [5.74, 6) is 0.462. The largest absolute Gasteiger partial charge is 0.379 e. The van der Waals surface area contributed by atoms with Gasteiger partial charge in [0.2, 0.25) is 10.0 Å². The van der Waals surface area contributed by atoms with Gasteiger partial charge in [-0.2, -0.15) is 4.31 Å². The van der Waals surface area contributed by atoms with Crippen LogP contribution in [0.3, 0.4) is 0 Å². The van der Waals surface area contributed by atoms with Gasteiger partial charge in [0.25, 0.3) is 5.91 Å². The fourth-order valence-electron chi connectivity index (χ4n) is 3.12. The second kappa shape index (κ2) is 8.06. The van der Waals surface area contributed by atoms with Crippen LogP contribution >= 0.6 is 0 Å². The quantitative estimate of drug-likeness (QED) is 0.728. The third kappa shape index (κ3) is 4.45. The molecule has 0 bridgehead atoms. The lowest BCUT2D eigenvalue weighted by Gasteiger charge is -2.26. The molecule has 0 unspecified atom stereocenters. The molecule has 0 radical (unpaired) electrons. The first-order valence-corrected chi connectivity index (χ1v) is 10.8. The highest BCUT2D eigenvalue weighted by molar-refractivity contribution is 7.89. The van der Waals surface area contributed by atoms with Gasteiger partial charge in [-0.3, -0.25) is 4.79 Å². The Labute approximate surface area is 156 Å². The fourth-order valence-corrected chi connectivity index (χ4v) is 4.58. The van der Waals surface area contributed by atoms with Gasteiger partial charge in [0.15, 0.2) is 0 Å². The third-order valence-corrected chi connectivity index (χ3v) is 6.78. The van der Waals surface area contributed by atoms with Gasteiger partial charge in [0.1, 0.15) is 0 Å². The highest BCUT2D eigenvalue weighted by Crippen LogP contribution is 2.29. The van der Waals surface area contributed by atoms with Gasteiger partial charge in [-0.05, 0) is 43.4 Å². The first-order valence-electron chi connectivity index (χ1n) is 9.38. The molecule has 1 aliphatic heterocycles. The molecule has 1 heterocycles. The maximum atomic E-state index is 13.0. The van der Waals surface area contributed by atoms with E-state index in [0.29, 0.717) is 43.8 Å². The van der Waals surface area contributed by atoms with Crippen LogP contribution in [0.4, 0.5) is 0 Å². The number of sulfonamides is 1. The Kier molecular flexibility index (Phi) is 5.99. The van der Waals surface area contributed by atoms with Crippen molar-refractivity contribution in [2.75, 3.05) is 32.8 Å². The van der Waals surface area contributed by atoms with Gasteiger partial charge in [-0.15, -0.1) is 0 Å². The maximum absolute atomic E-state index is 13.0. The van der Waals surface area contributed by atoms with Crippen LogP contribution in [-0.4, -0.2) is 62.4 Å². The van der Waals surface area contributed by atoms with Gasteiger partial charge >= 0.3 is 0 Å². The predicted octanol–water partition coefficient (Wildman–Crippen LogP) is 2.36. The number of hydrogen-bond acceptors (Lipinski definition) is 4. The number of carbonyl (C=O) groups excluding carboxylic acids is 1. The Morgan fingerprint density at radius 3 is 2.58 bits per heavy atom. The Morgan fingerprint density at radius 1 is 1.27 bits per heavy atom. The Balaban J connectivity index is 1.80. The monoisotopic (exact) mass is 380 g/mol. The molecule has 0 atom stereocenters. The van der Waals surface area contributed by atoms with E-state index in [0.717, 1.165) is 25.8 Å². The van der Waals surface area contributed by atoms with E-state index in [2.05, 4.69) is 13.8 Å². The summed E-state index contributed by atoms with van der Waals surface area (Å²) in [5, 5.41) is 0. The van der Waals surface area contributed by atoms with Gasteiger partial charge < -0.3 is 9.64 Å². The number of morpholine rings is 1. The van der Waals surface area contributed by atoms with E-state index in [1.807, 2.05) is 4.90 Å². The van der Waals surface area contributed by atoms with E-state index < -0.39 is 10.0 Å². The summed E-state index contributed by atoms with van der Waals surface area (Å²) >= 11 is 0. The maximum Gasteiger partial charge on any atom is 0.254 e. The van der Waals surface area contributed by atoms with E-state index in [4.69, 9.17) is 4.74 Å². The number of ether oxygens (including phenoxy) is 1. The molecule has 2 fully saturated rings. The molecule has 1 saturated carbocycles. The summed E-state index contributed by atoms with van der Waals surface area (Å²) in [6.07, 6.45) is 3.03. The molecule has 1 amide bonds. The van der Waals surface area contributed by atoms with Crippen molar-refractivity contribution >= 4 is 15.9 Å². The molecule has 144 valence electrons. The summed E-state index contributed by atoms with van der Waals surface area (Å²) in [6, 6.07) is 6.77. The van der Waals surface area contributed by atoms with Crippen LogP contribution in [0.25, 0.3) is 0 Å². The zero-order valence-corrected chi connectivity index (χ0v) is 16.4. The number of carbonyl (C=O) groups is 1. The molecule has 0 aromatic heterocycles. The minimum atomic E-state index is -3.59. The van der Waals surface area contributed by atoms with Crippen molar-refractivity contribution in [1.29, 1.82) is 0 Å².